The minimum atomic E-state index is 0.729. The minimum absolute atomic E-state index is 0.729. The molecule has 2 N–H and O–H groups in total. The van der Waals surface area contributed by atoms with E-state index in [1.807, 2.05) is 0 Å². The Morgan fingerprint density at radius 1 is 0.833 bits per heavy atom. The van der Waals surface area contributed by atoms with Gasteiger partial charge in [-0.05, 0) is 38.8 Å². The van der Waals surface area contributed by atoms with Gasteiger partial charge in [-0.15, -0.1) is 0 Å². The van der Waals surface area contributed by atoms with Crippen molar-refractivity contribution in [3.05, 3.63) is 41.5 Å². The van der Waals surface area contributed by atoms with Crippen LogP contribution in [0.2, 0.25) is 0 Å². The Morgan fingerprint density at radius 3 is 1.06 bits per heavy atom. The first kappa shape index (κ1) is 22.5. The van der Waals surface area contributed by atoms with E-state index in [9.17, 15) is 0 Å². The van der Waals surface area contributed by atoms with Gasteiger partial charge in [0.15, 0.2) is 0 Å². The summed E-state index contributed by atoms with van der Waals surface area (Å²) >= 11 is 2.97. The SMILES string of the molecule is C[C](N)=[Mn].C[C]1C(C)=C(C)C(C)=C1C.[C-]#[O+].[C-]#[O+]. The summed E-state index contributed by atoms with van der Waals surface area (Å²) < 4.78 is 15.7. The zero-order chi connectivity index (χ0) is 15.5. The van der Waals surface area contributed by atoms with Gasteiger partial charge in [0.25, 0.3) is 0 Å². The van der Waals surface area contributed by atoms with Crippen LogP contribution >= 0.6 is 0 Å². The van der Waals surface area contributed by atoms with E-state index in [1.54, 1.807) is 6.92 Å². The molecule has 0 bridgehead atoms. The predicted molar refractivity (Wildman–Crippen MR) is 68.4 cm³/mol. The average Bonchev–Trinajstić information content (AvgIpc) is 2.52. The molecule has 0 saturated heterocycles. The molecule has 1 aliphatic carbocycles. The van der Waals surface area contributed by atoms with Crippen LogP contribution in [0.3, 0.4) is 0 Å². The Bertz CT molecular complexity index is 342. The molecule has 1 rings (SSSR count). The Kier molecular flexibility index (Phi) is 15.9. The zero-order valence-corrected chi connectivity index (χ0v) is 13.0. The molecule has 0 aromatic carbocycles. The van der Waals surface area contributed by atoms with Gasteiger partial charge in [-0.3, -0.25) is 0 Å². The van der Waals surface area contributed by atoms with Gasteiger partial charge in [0, 0.05) is 5.92 Å². The normalized spacial score (nSPS) is 13.5. The summed E-state index contributed by atoms with van der Waals surface area (Å²) in [5.41, 5.74) is 10.8. The summed E-state index contributed by atoms with van der Waals surface area (Å²) in [6.45, 7) is 21.8. The van der Waals surface area contributed by atoms with E-state index in [4.69, 9.17) is 15.0 Å². The number of hydrogen-bond donors (Lipinski definition) is 1. The molecule has 1 radical (unpaired) electrons. The van der Waals surface area contributed by atoms with Crippen molar-refractivity contribution < 1.29 is 24.9 Å². The summed E-state index contributed by atoms with van der Waals surface area (Å²) in [6.07, 6.45) is 0. The molecule has 0 heterocycles. The van der Waals surface area contributed by atoms with E-state index in [1.165, 1.54) is 28.2 Å². The standard InChI is InChI=1S/C10H15.C2H5N.2CO.Mn/c1-6-7(2)9(4)10(5)8(6)3;1-2-3;2*1-2;/h1-5H3;3H2,1H3;;;. The fourth-order valence-electron chi connectivity index (χ4n) is 1.41. The van der Waals surface area contributed by atoms with Crippen LogP contribution in [0, 0.1) is 19.2 Å². The fraction of sp³-hybridized carbons (Fsp3) is 0.429. The van der Waals surface area contributed by atoms with Crippen molar-refractivity contribution in [1.82, 2.24) is 0 Å². The first-order chi connectivity index (χ1) is 8.29. The zero-order valence-electron chi connectivity index (χ0n) is 11.8. The average molecular weight is 289 g/mol. The first-order valence-electron chi connectivity index (χ1n) is 5.14. The Hall–Kier alpha value is -0.691. The molecule has 100 valence electrons. The third-order valence-electron chi connectivity index (χ3n) is 2.81. The second-order valence-electron chi connectivity index (χ2n) is 3.71. The second kappa shape index (κ2) is 12.8. The molecule has 0 aliphatic heterocycles. The van der Waals surface area contributed by atoms with E-state index in [0.717, 1.165) is 4.54 Å². The number of allylic oxidation sites excluding steroid dienone is 4. The maximum atomic E-state index is 7.50. The molecule has 4 heteroatoms. The van der Waals surface area contributed by atoms with E-state index in [-0.39, 0.29) is 0 Å². The van der Waals surface area contributed by atoms with Gasteiger partial charge in [0.1, 0.15) is 0 Å². The molecule has 1 aliphatic rings. The van der Waals surface area contributed by atoms with Crippen molar-refractivity contribution >= 4 is 4.54 Å². The van der Waals surface area contributed by atoms with Crippen LogP contribution in [0.5, 0.6) is 0 Å². The van der Waals surface area contributed by atoms with Crippen molar-refractivity contribution in [2.75, 3.05) is 0 Å². The van der Waals surface area contributed by atoms with Gasteiger partial charge in [0.2, 0.25) is 0 Å². The Labute approximate surface area is 118 Å². The quantitative estimate of drug-likeness (QED) is 0.416. The van der Waals surface area contributed by atoms with Gasteiger partial charge in [0.05, 0.1) is 0 Å². The van der Waals surface area contributed by atoms with Crippen LogP contribution in [0.4, 0.5) is 0 Å². The van der Waals surface area contributed by atoms with Crippen LogP contribution in [0.1, 0.15) is 41.5 Å². The second-order valence-corrected chi connectivity index (χ2v) is 4.64. The van der Waals surface area contributed by atoms with E-state index < -0.39 is 0 Å². The van der Waals surface area contributed by atoms with E-state index in [0.29, 0.717) is 0 Å². The number of hydrogen-bond acceptors (Lipinski definition) is 1. The van der Waals surface area contributed by atoms with E-state index >= 15 is 0 Å². The van der Waals surface area contributed by atoms with Crippen LogP contribution in [-0.4, -0.2) is 4.54 Å². The van der Waals surface area contributed by atoms with Gasteiger partial charge in [-0.25, -0.2) is 0 Å². The molecular weight excluding hydrogens is 269 g/mol. The third-order valence-corrected chi connectivity index (χ3v) is 2.81. The van der Waals surface area contributed by atoms with Gasteiger partial charge < -0.3 is 0 Å². The van der Waals surface area contributed by atoms with Crippen molar-refractivity contribution in [2.24, 2.45) is 5.73 Å². The topological polar surface area (TPSA) is 65.8 Å². The summed E-state index contributed by atoms with van der Waals surface area (Å²) in [5, 5.41) is 0. The Morgan fingerprint density at radius 2 is 1.00 bits per heavy atom. The summed E-state index contributed by atoms with van der Waals surface area (Å²) in [6, 6.07) is 0. The summed E-state index contributed by atoms with van der Waals surface area (Å²) in [7, 11) is 0. The number of nitrogens with two attached hydrogens (primary N) is 1. The van der Waals surface area contributed by atoms with Crippen LogP contribution < -0.4 is 5.73 Å². The molecule has 0 aromatic heterocycles. The predicted octanol–water partition coefficient (Wildman–Crippen LogP) is 2.83. The number of rotatable bonds is 0. The third kappa shape index (κ3) is 8.41. The molecule has 0 saturated carbocycles. The van der Waals surface area contributed by atoms with Crippen LogP contribution in [-0.2, 0) is 24.9 Å². The van der Waals surface area contributed by atoms with Crippen molar-refractivity contribution in [3.63, 3.8) is 0 Å². The molecule has 0 spiro atoms. The molecule has 18 heavy (non-hydrogen) atoms. The molecule has 0 unspecified atom stereocenters. The first-order valence-corrected chi connectivity index (χ1v) is 5.73. The van der Waals surface area contributed by atoms with Crippen molar-refractivity contribution in [3.8, 4) is 0 Å². The van der Waals surface area contributed by atoms with Crippen LogP contribution in [0.15, 0.2) is 22.3 Å². The summed E-state index contributed by atoms with van der Waals surface area (Å²) in [4.78, 5) is 0. The molecule has 3 nitrogen and oxygen atoms in total. The molecule has 0 atom stereocenters. The maximum absolute atomic E-state index is 7.50. The summed E-state index contributed by atoms with van der Waals surface area (Å²) in [5.74, 6) is 1.47. The molecular formula is C14H20MnNO2. The van der Waals surface area contributed by atoms with Gasteiger partial charge >= 0.3 is 55.4 Å². The van der Waals surface area contributed by atoms with Crippen molar-refractivity contribution in [2.45, 2.75) is 41.5 Å². The van der Waals surface area contributed by atoms with Gasteiger partial charge in [-0.1, -0.05) is 18.1 Å². The monoisotopic (exact) mass is 289 g/mol. The molecule has 0 aromatic rings. The molecule has 0 amide bonds. The Balaban J connectivity index is -0.000000238. The van der Waals surface area contributed by atoms with Crippen molar-refractivity contribution in [1.29, 1.82) is 0 Å². The molecule has 0 fully saturated rings. The fourth-order valence-corrected chi connectivity index (χ4v) is 1.41. The van der Waals surface area contributed by atoms with Crippen LogP contribution in [0.25, 0.3) is 0 Å². The van der Waals surface area contributed by atoms with E-state index in [2.05, 4.69) is 63.5 Å². The van der Waals surface area contributed by atoms with Gasteiger partial charge in [-0.2, -0.15) is 0 Å².